The first-order chi connectivity index (χ1) is 9.97. The summed E-state index contributed by atoms with van der Waals surface area (Å²) in [6.45, 7) is 7.70. The SMILES string of the molecule is C[C@@H](CNS(=O)(=O)c1cccnc1)CN1CCN(C)CC1. The van der Waals surface area contributed by atoms with Gasteiger partial charge >= 0.3 is 0 Å². The maximum Gasteiger partial charge on any atom is 0.242 e. The number of likely N-dealkylation sites (N-methyl/N-ethyl adjacent to an activating group) is 1. The third-order valence-corrected chi connectivity index (χ3v) is 5.14. The van der Waals surface area contributed by atoms with Gasteiger partial charge in [-0.15, -0.1) is 0 Å². The second-order valence-corrected chi connectivity index (χ2v) is 7.52. The van der Waals surface area contributed by atoms with Gasteiger partial charge in [0.2, 0.25) is 10.0 Å². The van der Waals surface area contributed by atoms with Crippen LogP contribution >= 0.6 is 0 Å². The minimum atomic E-state index is -3.44. The third kappa shape index (κ3) is 5.03. The van der Waals surface area contributed by atoms with Gasteiger partial charge in [0, 0.05) is 51.7 Å². The highest BCUT2D eigenvalue weighted by atomic mass is 32.2. The highest BCUT2D eigenvalue weighted by molar-refractivity contribution is 7.89. The van der Waals surface area contributed by atoms with Crippen LogP contribution in [0, 0.1) is 5.92 Å². The van der Waals surface area contributed by atoms with E-state index in [0.717, 1.165) is 32.7 Å². The molecule has 6 nitrogen and oxygen atoms in total. The van der Waals surface area contributed by atoms with Crippen LogP contribution in [-0.2, 0) is 10.0 Å². The normalized spacial score (nSPS) is 19.5. The van der Waals surface area contributed by atoms with Gasteiger partial charge in [0.25, 0.3) is 0 Å². The lowest BCUT2D eigenvalue weighted by atomic mass is 10.1. The number of nitrogens with zero attached hydrogens (tertiary/aromatic N) is 3. The van der Waals surface area contributed by atoms with Gasteiger partial charge in [0.1, 0.15) is 4.90 Å². The number of nitrogens with one attached hydrogen (secondary N) is 1. The van der Waals surface area contributed by atoms with Crippen molar-refractivity contribution in [2.24, 2.45) is 5.92 Å². The molecule has 0 aromatic carbocycles. The Hall–Kier alpha value is -1.02. The van der Waals surface area contributed by atoms with Gasteiger partial charge in [0.15, 0.2) is 0 Å². The first kappa shape index (κ1) is 16.4. The van der Waals surface area contributed by atoms with Crippen molar-refractivity contribution in [3.8, 4) is 0 Å². The molecule has 1 saturated heterocycles. The maximum atomic E-state index is 12.1. The fraction of sp³-hybridized carbons (Fsp3) is 0.643. The van der Waals surface area contributed by atoms with Crippen molar-refractivity contribution in [2.45, 2.75) is 11.8 Å². The Morgan fingerprint density at radius 3 is 2.67 bits per heavy atom. The molecule has 0 spiro atoms. The van der Waals surface area contributed by atoms with Crippen molar-refractivity contribution < 1.29 is 8.42 Å². The molecule has 7 heteroatoms. The van der Waals surface area contributed by atoms with E-state index in [1.54, 1.807) is 18.3 Å². The molecule has 1 atom stereocenters. The van der Waals surface area contributed by atoms with Gasteiger partial charge in [0.05, 0.1) is 0 Å². The molecule has 1 N–H and O–H groups in total. The Bertz CT molecular complexity index is 527. The van der Waals surface area contributed by atoms with Crippen LogP contribution < -0.4 is 4.72 Å². The van der Waals surface area contributed by atoms with Gasteiger partial charge in [-0.05, 0) is 25.1 Å². The summed E-state index contributed by atoms with van der Waals surface area (Å²) >= 11 is 0. The van der Waals surface area contributed by atoms with Gasteiger partial charge < -0.3 is 9.80 Å². The zero-order chi connectivity index (χ0) is 15.3. The average molecular weight is 312 g/mol. The van der Waals surface area contributed by atoms with Crippen LogP contribution in [0.2, 0.25) is 0 Å². The molecular formula is C14H24N4O2S. The lowest BCUT2D eigenvalue weighted by Gasteiger charge is -2.33. The highest BCUT2D eigenvalue weighted by Gasteiger charge is 2.18. The second kappa shape index (κ2) is 7.31. The van der Waals surface area contributed by atoms with Gasteiger partial charge in [-0.2, -0.15) is 0 Å². The van der Waals surface area contributed by atoms with Gasteiger partial charge in [-0.25, -0.2) is 13.1 Å². The molecule has 0 radical (unpaired) electrons. The van der Waals surface area contributed by atoms with Crippen LogP contribution in [0.4, 0.5) is 0 Å². The summed E-state index contributed by atoms with van der Waals surface area (Å²) in [5.74, 6) is 0.278. The molecule has 0 saturated carbocycles. The minimum Gasteiger partial charge on any atom is -0.304 e. The number of hydrogen-bond donors (Lipinski definition) is 1. The third-order valence-electron chi connectivity index (χ3n) is 3.73. The van der Waals surface area contributed by atoms with Crippen molar-refractivity contribution in [1.82, 2.24) is 19.5 Å². The molecule has 2 heterocycles. The maximum absolute atomic E-state index is 12.1. The average Bonchev–Trinajstić information content (AvgIpc) is 2.49. The fourth-order valence-corrected chi connectivity index (χ4v) is 3.51. The van der Waals surface area contributed by atoms with E-state index in [1.165, 1.54) is 6.20 Å². The first-order valence-corrected chi connectivity index (χ1v) is 8.76. The Balaban J connectivity index is 1.80. The molecule has 2 rings (SSSR count). The molecule has 0 unspecified atom stereocenters. The molecule has 1 aliphatic heterocycles. The van der Waals surface area contributed by atoms with E-state index in [1.807, 2.05) is 0 Å². The smallest absolute Gasteiger partial charge is 0.242 e. The number of hydrogen-bond acceptors (Lipinski definition) is 5. The topological polar surface area (TPSA) is 65.5 Å². The molecule has 1 fully saturated rings. The van der Waals surface area contributed by atoms with Crippen LogP contribution in [0.5, 0.6) is 0 Å². The van der Waals surface area contributed by atoms with E-state index in [4.69, 9.17) is 0 Å². The Morgan fingerprint density at radius 1 is 1.33 bits per heavy atom. The van der Waals surface area contributed by atoms with E-state index < -0.39 is 10.0 Å². The van der Waals surface area contributed by atoms with Crippen LogP contribution in [-0.4, -0.2) is 69.5 Å². The summed E-state index contributed by atoms with van der Waals surface area (Å²) < 4.78 is 26.9. The Kier molecular flexibility index (Phi) is 5.69. The van der Waals surface area contributed by atoms with Crippen molar-refractivity contribution in [1.29, 1.82) is 0 Å². The predicted octanol–water partition coefficient (Wildman–Crippen LogP) is 0.243. The molecule has 1 aromatic heterocycles. The van der Waals surface area contributed by atoms with E-state index in [-0.39, 0.29) is 10.8 Å². The van der Waals surface area contributed by atoms with E-state index >= 15 is 0 Å². The summed E-state index contributed by atoms with van der Waals surface area (Å²) in [6.07, 6.45) is 2.93. The predicted molar refractivity (Wildman–Crippen MR) is 82.5 cm³/mol. The standard InChI is InChI=1S/C14H24N4O2S/c1-13(12-18-8-6-17(2)7-9-18)10-16-21(19,20)14-4-3-5-15-11-14/h3-5,11,13,16H,6-10,12H2,1-2H3/t13-/m0/s1. The van der Waals surface area contributed by atoms with Crippen LogP contribution in [0.25, 0.3) is 0 Å². The molecule has 0 amide bonds. The zero-order valence-corrected chi connectivity index (χ0v) is 13.5. The molecular weight excluding hydrogens is 288 g/mol. The molecule has 0 bridgehead atoms. The Morgan fingerprint density at radius 2 is 2.05 bits per heavy atom. The summed E-state index contributed by atoms with van der Waals surface area (Å²) in [5, 5.41) is 0. The monoisotopic (exact) mass is 312 g/mol. The lowest BCUT2D eigenvalue weighted by molar-refractivity contribution is 0.139. The quantitative estimate of drug-likeness (QED) is 0.815. The van der Waals surface area contributed by atoms with Gasteiger partial charge in [-0.3, -0.25) is 4.98 Å². The van der Waals surface area contributed by atoms with E-state index in [2.05, 4.69) is 33.5 Å². The number of pyridine rings is 1. The van der Waals surface area contributed by atoms with Crippen LogP contribution in [0.3, 0.4) is 0 Å². The molecule has 118 valence electrons. The number of piperazine rings is 1. The van der Waals surface area contributed by atoms with Crippen molar-refractivity contribution in [3.05, 3.63) is 24.5 Å². The van der Waals surface area contributed by atoms with Gasteiger partial charge in [-0.1, -0.05) is 6.92 Å². The highest BCUT2D eigenvalue weighted by Crippen LogP contribution is 2.08. The first-order valence-electron chi connectivity index (χ1n) is 7.28. The summed E-state index contributed by atoms with van der Waals surface area (Å²) in [6, 6.07) is 3.18. The minimum absolute atomic E-state index is 0.219. The van der Waals surface area contributed by atoms with Crippen molar-refractivity contribution in [3.63, 3.8) is 0 Å². The second-order valence-electron chi connectivity index (χ2n) is 5.75. The molecule has 0 aliphatic carbocycles. The largest absolute Gasteiger partial charge is 0.304 e. The number of rotatable bonds is 6. The lowest BCUT2D eigenvalue weighted by Crippen LogP contribution is -2.46. The zero-order valence-electron chi connectivity index (χ0n) is 12.7. The van der Waals surface area contributed by atoms with Crippen molar-refractivity contribution in [2.75, 3.05) is 46.3 Å². The fourth-order valence-electron chi connectivity index (χ4n) is 2.38. The van der Waals surface area contributed by atoms with E-state index in [9.17, 15) is 8.42 Å². The number of aromatic nitrogens is 1. The molecule has 21 heavy (non-hydrogen) atoms. The molecule has 1 aromatic rings. The summed E-state index contributed by atoms with van der Waals surface area (Å²) in [7, 11) is -1.32. The Labute approximate surface area is 127 Å². The summed E-state index contributed by atoms with van der Waals surface area (Å²) in [4.78, 5) is 8.77. The van der Waals surface area contributed by atoms with Crippen LogP contribution in [0.15, 0.2) is 29.4 Å². The van der Waals surface area contributed by atoms with Crippen LogP contribution in [0.1, 0.15) is 6.92 Å². The van der Waals surface area contributed by atoms with Crippen molar-refractivity contribution >= 4 is 10.0 Å². The molecule has 1 aliphatic rings. The number of sulfonamides is 1. The van der Waals surface area contributed by atoms with E-state index in [0.29, 0.717) is 6.54 Å². The summed E-state index contributed by atoms with van der Waals surface area (Å²) in [5.41, 5.74) is 0.